The van der Waals surface area contributed by atoms with Gasteiger partial charge in [-0.2, -0.15) is 0 Å². The third-order valence-corrected chi connectivity index (χ3v) is 9.43. The number of H-pyrrole nitrogens is 1. The van der Waals surface area contributed by atoms with E-state index < -0.39 is 0 Å². The molecule has 0 unspecified atom stereocenters. The number of benzene rings is 6. The Labute approximate surface area is 281 Å². The van der Waals surface area contributed by atoms with Crippen LogP contribution in [-0.4, -0.2) is 9.97 Å². The van der Waals surface area contributed by atoms with Crippen molar-refractivity contribution in [1.82, 2.24) is 9.97 Å². The average molecular weight is 620 g/mol. The zero-order valence-electron chi connectivity index (χ0n) is 27.5. The normalized spacial score (nSPS) is 11.7. The van der Waals surface area contributed by atoms with Crippen LogP contribution < -0.4 is 5.73 Å². The summed E-state index contributed by atoms with van der Waals surface area (Å²) in [6, 6.07) is 51.7. The molecule has 8 aromatic rings. The summed E-state index contributed by atoms with van der Waals surface area (Å²) >= 11 is 0. The Hall–Kier alpha value is -5.93. The number of rotatable bonds is 3. The number of nitrogen functional groups attached to an aromatic ring is 1. The van der Waals surface area contributed by atoms with Gasteiger partial charge in [-0.25, -0.2) is 0 Å². The lowest BCUT2D eigenvalue weighted by Crippen LogP contribution is -2.11. The Morgan fingerprint density at radius 1 is 0.500 bits per heavy atom. The molecule has 6 aromatic carbocycles. The van der Waals surface area contributed by atoms with Gasteiger partial charge < -0.3 is 10.7 Å². The second-order valence-electron chi connectivity index (χ2n) is 13.6. The number of pyridine rings is 1. The van der Waals surface area contributed by atoms with E-state index in [1.807, 2.05) is 12.3 Å². The Kier molecular flexibility index (Phi) is 7.18. The highest BCUT2D eigenvalue weighted by Gasteiger charge is 2.19. The summed E-state index contributed by atoms with van der Waals surface area (Å²) in [7, 11) is 0. The molecule has 3 nitrogen and oxygen atoms in total. The molecule has 48 heavy (non-hydrogen) atoms. The van der Waals surface area contributed by atoms with Gasteiger partial charge in [-0.05, 0) is 79.5 Å². The Morgan fingerprint density at radius 2 is 1.08 bits per heavy atom. The van der Waals surface area contributed by atoms with Crippen LogP contribution in [0.3, 0.4) is 0 Å². The molecule has 0 saturated heterocycles. The predicted molar refractivity (Wildman–Crippen MR) is 206 cm³/mol. The number of nitrogens with zero attached hydrogens (tertiary/aromatic N) is 1. The number of para-hydroxylation sites is 1. The van der Waals surface area contributed by atoms with E-state index >= 15 is 0 Å². The van der Waals surface area contributed by atoms with Gasteiger partial charge in [0.05, 0.1) is 16.9 Å². The zero-order valence-corrected chi connectivity index (χ0v) is 27.5. The van der Waals surface area contributed by atoms with Crippen molar-refractivity contribution in [3.8, 4) is 33.5 Å². The summed E-state index contributed by atoms with van der Waals surface area (Å²) in [4.78, 5) is 8.67. The lowest BCUT2D eigenvalue weighted by atomic mass is 9.83. The topological polar surface area (TPSA) is 54.7 Å². The molecule has 0 aliphatic heterocycles. The highest BCUT2D eigenvalue weighted by atomic mass is 14.7. The summed E-state index contributed by atoms with van der Waals surface area (Å²) in [5.74, 6) is 0. The lowest BCUT2D eigenvalue weighted by molar-refractivity contribution is 0.590. The van der Waals surface area contributed by atoms with Gasteiger partial charge in [-0.1, -0.05) is 136 Å². The van der Waals surface area contributed by atoms with Crippen LogP contribution in [-0.2, 0) is 5.41 Å². The van der Waals surface area contributed by atoms with Crippen molar-refractivity contribution in [1.29, 1.82) is 0 Å². The second-order valence-corrected chi connectivity index (χ2v) is 13.6. The molecule has 3 N–H and O–H groups in total. The van der Waals surface area contributed by atoms with Crippen LogP contribution in [0.4, 0.5) is 5.69 Å². The first-order chi connectivity index (χ1) is 23.3. The van der Waals surface area contributed by atoms with Crippen molar-refractivity contribution in [2.45, 2.75) is 26.2 Å². The van der Waals surface area contributed by atoms with Crippen molar-refractivity contribution in [3.05, 3.63) is 157 Å². The van der Waals surface area contributed by atoms with Gasteiger partial charge in [0, 0.05) is 33.6 Å². The fraction of sp³-hybridized carbons (Fsp3) is 0.0889. The van der Waals surface area contributed by atoms with Crippen molar-refractivity contribution >= 4 is 49.0 Å². The number of nitrogens with two attached hydrogens (primary N) is 1. The van der Waals surface area contributed by atoms with E-state index in [4.69, 9.17) is 10.7 Å². The largest absolute Gasteiger partial charge is 0.397 e. The van der Waals surface area contributed by atoms with E-state index in [0.29, 0.717) is 5.69 Å². The Balaban J connectivity index is 1.43. The summed E-state index contributed by atoms with van der Waals surface area (Å²) < 4.78 is 0. The van der Waals surface area contributed by atoms with E-state index in [9.17, 15) is 0 Å². The van der Waals surface area contributed by atoms with Crippen molar-refractivity contribution in [2.75, 3.05) is 5.73 Å². The van der Waals surface area contributed by atoms with Gasteiger partial charge in [-0.3, -0.25) is 4.98 Å². The highest BCUT2D eigenvalue weighted by Crippen LogP contribution is 2.40. The molecule has 0 atom stereocenters. The molecule has 0 bridgehead atoms. The lowest BCUT2D eigenvalue weighted by Gasteiger charge is -2.22. The van der Waals surface area contributed by atoms with Gasteiger partial charge in [0.25, 0.3) is 0 Å². The summed E-state index contributed by atoms with van der Waals surface area (Å²) in [6.45, 7) is 6.76. The number of nitrogens with one attached hydrogen (secondary N) is 1. The maximum Gasteiger partial charge on any atom is 0.0708 e. The SMILES string of the molecule is CC(C)(C)c1cc(-c2cc(-c3ccccc3)ccn2)cc(-c2ccc3c([nH]c4ccccc4c4ccccc4c4ccccc34)c2N)c1. The van der Waals surface area contributed by atoms with E-state index in [1.54, 1.807) is 0 Å². The van der Waals surface area contributed by atoms with Crippen LogP contribution in [0.5, 0.6) is 0 Å². The van der Waals surface area contributed by atoms with Crippen molar-refractivity contribution in [2.24, 2.45) is 0 Å². The van der Waals surface area contributed by atoms with Crippen LogP contribution >= 0.6 is 0 Å². The Morgan fingerprint density at radius 3 is 1.77 bits per heavy atom. The highest BCUT2D eigenvalue weighted by molar-refractivity contribution is 6.20. The summed E-state index contributed by atoms with van der Waals surface area (Å²) in [5, 5.41) is 6.92. The summed E-state index contributed by atoms with van der Waals surface area (Å²) in [6.07, 6.45) is 1.90. The van der Waals surface area contributed by atoms with Gasteiger partial charge in [-0.15, -0.1) is 0 Å². The number of hydrogen-bond donors (Lipinski definition) is 2. The molecule has 0 aliphatic carbocycles. The zero-order chi connectivity index (χ0) is 32.8. The minimum atomic E-state index is -0.0833. The number of hydrogen-bond acceptors (Lipinski definition) is 2. The fourth-order valence-electron chi connectivity index (χ4n) is 6.86. The van der Waals surface area contributed by atoms with Gasteiger partial charge >= 0.3 is 0 Å². The molecule has 8 rings (SSSR count). The first-order valence-corrected chi connectivity index (χ1v) is 16.5. The molecule has 0 amide bonds. The molecule has 232 valence electrons. The van der Waals surface area contributed by atoms with Gasteiger partial charge in [0.2, 0.25) is 0 Å². The molecule has 2 heterocycles. The molecular weight excluding hydrogens is 583 g/mol. The quantitative estimate of drug-likeness (QED) is 0.193. The average Bonchev–Trinajstić information content (AvgIpc) is 3.17. The van der Waals surface area contributed by atoms with E-state index in [-0.39, 0.29) is 5.41 Å². The Bertz CT molecular complexity index is 2550. The van der Waals surface area contributed by atoms with Crippen LogP contribution in [0, 0.1) is 0 Å². The van der Waals surface area contributed by atoms with Crippen LogP contribution in [0.15, 0.2) is 152 Å². The number of fused-ring (bicyclic) bond motifs is 7. The molecule has 0 saturated carbocycles. The molecule has 0 fully saturated rings. The molecule has 0 spiro atoms. The van der Waals surface area contributed by atoms with E-state index in [0.717, 1.165) is 55.1 Å². The number of anilines is 1. The minimum Gasteiger partial charge on any atom is -0.397 e. The maximum atomic E-state index is 7.30. The molecule has 3 heteroatoms. The minimum absolute atomic E-state index is 0.0833. The van der Waals surface area contributed by atoms with Crippen LogP contribution in [0.1, 0.15) is 26.3 Å². The van der Waals surface area contributed by atoms with Crippen molar-refractivity contribution < 1.29 is 0 Å². The number of aromatic nitrogens is 2. The van der Waals surface area contributed by atoms with E-state index in [1.165, 1.54) is 27.3 Å². The van der Waals surface area contributed by atoms with E-state index in [2.05, 4.69) is 165 Å². The van der Waals surface area contributed by atoms with Gasteiger partial charge in [0.1, 0.15) is 0 Å². The smallest absolute Gasteiger partial charge is 0.0708 e. The third-order valence-electron chi connectivity index (χ3n) is 9.43. The monoisotopic (exact) mass is 619 g/mol. The maximum absolute atomic E-state index is 7.30. The second kappa shape index (κ2) is 11.7. The predicted octanol–water partition coefficient (Wildman–Crippen LogP) is 12.0. The number of aromatic amines is 1. The van der Waals surface area contributed by atoms with Crippen LogP contribution in [0.25, 0.3) is 76.9 Å². The first kappa shape index (κ1) is 29.5. The van der Waals surface area contributed by atoms with Crippen molar-refractivity contribution in [3.63, 3.8) is 0 Å². The van der Waals surface area contributed by atoms with Crippen LogP contribution in [0.2, 0.25) is 0 Å². The fourth-order valence-corrected chi connectivity index (χ4v) is 6.86. The van der Waals surface area contributed by atoms with Gasteiger partial charge in [0.15, 0.2) is 0 Å². The molecular formula is C45H37N3. The first-order valence-electron chi connectivity index (χ1n) is 16.5. The molecule has 0 aliphatic rings. The summed E-state index contributed by atoms with van der Waals surface area (Å²) in [5.41, 5.74) is 17.4. The molecule has 2 aromatic heterocycles. The third kappa shape index (κ3) is 5.24. The standard InChI is InChI=1S/C45H37N3/c1-45(2,3)33-26-31(25-32(27-33)42-28-30(23-24-47-42)29-13-5-4-6-14-29)34-21-22-40-38-18-10-8-16-36(38)35-15-7-9-17-37(35)39-19-11-12-20-41(39)48-44(40)43(34)46/h4-28,48H,46H2,1-3H3. The molecule has 0 radical (unpaired) electrons.